The molecule has 1 aliphatic rings. The second-order valence-corrected chi connectivity index (χ2v) is 9.04. The number of pyridine rings is 1. The molecular weight excluding hydrogens is 466 g/mol. The Bertz CT molecular complexity index is 1250. The summed E-state index contributed by atoms with van der Waals surface area (Å²) in [6.07, 6.45) is 0.712. The second kappa shape index (κ2) is 9.68. The molecule has 1 saturated heterocycles. The number of ether oxygens (including phenoxy) is 2. The summed E-state index contributed by atoms with van der Waals surface area (Å²) in [7, 11) is 1.52. The fourth-order valence-electron chi connectivity index (χ4n) is 3.63. The molecule has 1 aliphatic heterocycles. The highest BCUT2D eigenvalue weighted by Crippen LogP contribution is 2.33. The molecule has 0 bridgehead atoms. The summed E-state index contributed by atoms with van der Waals surface area (Å²) in [5, 5.41) is 2.76. The second-order valence-electron chi connectivity index (χ2n) is 7.33. The molecule has 0 unspecified atom stereocenters. The van der Waals surface area contributed by atoms with Gasteiger partial charge in [0.05, 0.1) is 40.7 Å². The van der Waals surface area contributed by atoms with Gasteiger partial charge in [-0.3, -0.25) is 14.5 Å². The Morgan fingerprint density at radius 3 is 2.76 bits per heavy atom. The van der Waals surface area contributed by atoms with Crippen molar-refractivity contribution >= 4 is 40.6 Å². The number of carbonyl (C=O) groups is 2. The minimum absolute atomic E-state index is 0.116. The SMILES string of the molecule is CCn1cccc(-c2ccc(N3C[C@H](CNC(=O)c4ccc(Cl)s4)OC3=O)cc2OC)c1=O. The molecule has 1 atom stereocenters. The predicted octanol–water partition coefficient (Wildman–Crippen LogP) is 4.01. The maximum Gasteiger partial charge on any atom is 0.414 e. The molecule has 1 aromatic carbocycles. The number of cyclic esters (lactones) is 1. The molecule has 3 aromatic rings. The number of nitrogens with zero attached hydrogens (tertiary/aromatic N) is 2. The maximum absolute atomic E-state index is 12.7. The third-order valence-electron chi connectivity index (χ3n) is 5.31. The van der Waals surface area contributed by atoms with Crippen LogP contribution in [0.3, 0.4) is 0 Å². The van der Waals surface area contributed by atoms with E-state index >= 15 is 0 Å². The van der Waals surface area contributed by atoms with Crippen LogP contribution in [0.2, 0.25) is 4.34 Å². The van der Waals surface area contributed by atoms with E-state index in [0.29, 0.717) is 38.3 Å². The molecule has 0 aliphatic carbocycles. The van der Waals surface area contributed by atoms with Crippen molar-refractivity contribution < 1.29 is 19.1 Å². The fraction of sp³-hybridized carbons (Fsp3) is 0.261. The Balaban J connectivity index is 1.49. The molecule has 0 spiro atoms. The number of anilines is 1. The highest BCUT2D eigenvalue weighted by molar-refractivity contribution is 7.18. The molecule has 3 heterocycles. The molecule has 1 fully saturated rings. The lowest BCUT2D eigenvalue weighted by molar-refractivity contribution is 0.0920. The number of aromatic nitrogens is 1. The van der Waals surface area contributed by atoms with Gasteiger partial charge in [-0.1, -0.05) is 11.6 Å². The first-order chi connectivity index (χ1) is 15.9. The quantitative estimate of drug-likeness (QED) is 0.543. The summed E-state index contributed by atoms with van der Waals surface area (Å²) >= 11 is 7.05. The van der Waals surface area contributed by atoms with E-state index in [1.165, 1.54) is 23.3 Å². The lowest BCUT2D eigenvalue weighted by atomic mass is 10.1. The average molecular weight is 488 g/mol. The molecule has 0 saturated carbocycles. The molecule has 2 aromatic heterocycles. The highest BCUT2D eigenvalue weighted by atomic mass is 35.5. The zero-order valence-corrected chi connectivity index (χ0v) is 19.6. The summed E-state index contributed by atoms with van der Waals surface area (Å²) in [5.74, 6) is 0.200. The van der Waals surface area contributed by atoms with Gasteiger partial charge >= 0.3 is 6.09 Å². The Morgan fingerprint density at radius 1 is 1.24 bits per heavy atom. The van der Waals surface area contributed by atoms with Gasteiger partial charge in [-0.2, -0.15) is 0 Å². The van der Waals surface area contributed by atoms with Crippen LogP contribution < -0.4 is 20.5 Å². The van der Waals surface area contributed by atoms with E-state index in [2.05, 4.69) is 5.32 Å². The number of thiophene rings is 1. The number of rotatable bonds is 7. The molecule has 33 heavy (non-hydrogen) atoms. The number of hydrogen-bond donors (Lipinski definition) is 1. The van der Waals surface area contributed by atoms with Crippen molar-refractivity contribution in [2.75, 3.05) is 25.1 Å². The van der Waals surface area contributed by atoms with Gasteiger partial charge in [-0.25, -0.2) is 4.79 Å². The first-order valence-electron chi connectivity index (χ1n) is 10.3. The number of aryl methyl sites for hydroxylation is 1. The van der Waals surface area contributed by atoms with Crippen molar-refractivity contribution in [3.63, 3.8) is 0 Å². The summed E-state index contributed by atoms with van der Waals surface area (Å²) in [5.41, 5.74) is 1.61. The van der Waals surface area contributed by atoms with E-state index in [-0.39, 0.29) is 24.6 Å². The average Bonchev–Trinajstić information content (AvgIpc) is 3.42. The minimum Gasteiger partial charge on any atom is -0.496 e. The van der Waals surface area contributed by atoms with Crippen LogP contribution in [0.5, 0.6) is 5.75 Å². The van der Waals surface area contributed by atoms with E-state index in [0.717, 1.165) is 0 Å². The molecule has 10 heteroatoms. The zero-order valence-electron chi connectivity index (χ0n) is 18.0. The largest absolute Gasteiger partial charge is 0.496 e. The van der Waals surface area contributed by atoms with Crippen molar-refractivity contribution in [1.29, 1.82) is 0 Å². The van der Waals surface area contributed by atoms with Gasteiger partial charge in [0.25, 0.3) is 11.5 Å². The Kier molecular flexibility index (Phi) is 6.71. The number of carbonyl (C=O) groups excluding carboxylic acids is 2. The van der Waals surface area contributed by atoms with Gasteiger partial charge in [0.1, 0.15) is 11.9 Å². The van der Waals surface area contributed by atoms with Crippen LogP contribution in [-0.2, 0) is 11.3 Å². The number of halogens is 1. The van der Waals surface area contributed by atoms with Gasteiger partial charge in [0.2, 0.25) is 0 Å². The lowest BCUT2D eigenvalue weighted by Crippen LogP contribution is -2.34. The third-order valence-corrected chi connectivity index (χ3v) is 6.54. The Morgan fingerprint density at radius 2 is 2.06 bits per heavy atom. The van der Waals surface area contributed by atoms with Crippen LogP contribution in [0, 0.1) is 0 Å². The molecule has 8 nitrogen and oxygen atoms in total. The summed E-state index contributed by atoms with van der Waals surface area (Å²) in [4.78, 5) is 39.4. The monoisotopic (exact) mass is 487 g/mol. The molecule has 2 amide bonds. The topological polar surface area (TPSA) is 89.9 Å². The van der Waals surface area contributed by atoms with E-state index in [9.17, 15) is 14.4 Å². The minimum atomic E-state index is -0.517. The highest BCUT2D eigenvalue weighted by Gasteiger charge is 2.33. The van der Waals surface area contributed by atoms with Crippen molar-refractivity contribution in [2.45, 2.75) is 19.6 Å². The molecule has 172 valence electrons. The van der Waals surface area contributed by atoms with Crippen molar-refractivity contribution in [3.8, 4) is 16.9 Å². The van der Waals surface area contributed by atoms with Crippen molar-refractivity contribution in [1.82, 2.24) is 9.88 Å². The lowest BCUT2D eigenvalue weighted by Gasteiger charge is -2.16. The van der Waals surface area contributed by atoms with Gasteiger partial charge in [-0.15, -0.1) is 11.3 Å². The number of methoxy groups -OCH3 is 1. The molecule has 0 radical (unpaired) electrons. The van der Waals surface area contributed by atoms with Gasteiger partial charge in [-0.05, 0) is 43.3 Å². The van der Waals surface area contributed by atoms with Crippen molar-refractivity contribution in [3.05, 3.63) is 68.2 Å². The van der Waals surface area contributed by atoms with E-state index in [1.807, 2.05) is 13.0 Å². The van der Waals surface area contributed by atoms with Gasteiger partial charge in [0, 0.05) is 24.4 Å². The van der Waals surface area contributed by atoms with E-state index < -0.39 is 12.2 Å². The zero-order chi connectivity index (χ0) is 23.5. The first-order valence-corrected chi connectivity index (χ1v) is 11.5. The summed E-state index contributed by atoms with van der Waals surface area (Å²) in [6.45, 7) is 2.90. The third kappa shape index (κ3) is 4.74. The molecule has 1 N–H and O–H groups in total. The number of amides is 2. The molecular formula is C23H22ClN3O5S. The van der Waals surface area contributed by atoms with E-state index in [1.54, 1.807) is 47.2 Å². The Hall–Kier alpha value is -3.30. The van der Waals surface area contributed by atoms with Crippen molar-refractivity contribution in [2.24, 2.45) is 0 Å². The Labute approximate surface area is 199 Å². The normalized spacial score (nSPS) is 15.4. The van der Waals surface area contributed by atoms with Crippen LogP contribution in [0.1, 0.15) is 16.6 Å². The maximum atomic E-state index is 12.7. The smallest absolute Gasteiger partial charge is 0.414 e. The number of benzene rings is 1. The predicted molar refractivity (Wildman–Crippen MR) is 128 cm³/mol. The number of nitrogens with one attached hydrogen (secondary N) is 1. The van der Waals surface area contributed by atoms with Gasteiger partial charge in [0.15, 0.2) is 0 Å². The van der Waals surface area contributed by atoms with Crippen LogP contribution >= 0.6 is 22.9 Å². The first kappa shape index (κ1) is 22.9. The van der Waals surface area contributed by atoms with E-state index in [4.69, 9.17) is 21.1 Å². The van der Waals surface area contributed by atoms with Gasteiger partial charge < -0.3 is 19.4 Å². The standard InChI is InChI=1S/C23H22ClN3O5S/c1-3-26-10-4-5-17(22(26)29)16-7-6-14(11-18(16)31-2)27-13-15(32-23(27)30)12-25-21(28)19-8-9-20(24)33-19/h4-11,15H,3,12-13H2,1-2H3,(H,25,28)/t15-/m0/s1. The van der Waals surface area contributed by atoms with Crippen LogP contribution in [0.25, 0.3) is 11.1 Å². The van der Waals surface area contributed by atoms with Crippen LogP contribution in [-0.4, -0.2) is 42.9 Å². The number of hydrogen-bond acceptors (Lipinski definition) is 6. The summed E-state index contributed by atoms with van der Waals surface area (Å²) < 4.78 is 13.1. The van der Waals surface area contributed by atoms with Crippen LogP contribution in [0.4, 0.5) is 10.5 Å². The van der Waals surface area contributed by atoms with Crippen LogP contribution in [0.15, 0.2) is 53.5 Å². The fourth-order valence-corrected chi connectivity index (χ4v) is 4.59. The summed E-state index contributed by atoms with van der Waals surface area (Å²) in [6, 6.07) is 12.1. The molecule has 4 rings (SSSR count).